The van der Waals surface area contributed by atoms with E-state index in [-0.39, 0.29) is 19.5 Å². The molecule has 4 N–H and O–H groups in total. The fourth-order valence-corrected chi connectivity index (χ4v) is 0.263. The Morgan fingerprint density at radius 1 is 1.36 bits per heavy atom. The molecule has 0 fully saturated rings. The molecule has 1 unspecified atom stereocenters. The number of thiol groups is 1. The Morgan fingerprint density at radius 3 is 1.79 bits per heavy atom. The molecular weight excluding hydrogens is 262 g/mol. The molecule has 0 saturated carbocycles. The first-order valence-electron chi connectivity index (χ1n) is 3.42. The molecule has 78 valence electrons. The first-order chi connectivity index (χ1) is 5.95. The number of carbonyl (C=O) groups is 2. The topological polar surface area (TPSA) is 132 Å². The predicted molar refractivity (Wildman–Crippen MR) is 45.5 cm³/mol. The molecule has 0 aromatic heterocycles. The van der Waals surface area contributed by atoms with E-state index in [0.717, 1.165) is 5.75 Å². The van der Waals surface area contributed by atoms with Gasteiger partial charge in [0, 0.05) is 30.7 Å². The first-order valence-corrected chi connectivity index (χ1v) is 4.06. The van der Waals surface area contributed by atoms with Crippen molar-refractivity contribution in [2.75, 3.05) is 12.3 Å². The Bertz CT molecular complexity index is 168. The minimum absolute atomic E-state index is 0. The van der Waals surface area contributed by atoms with Gasteiger partial charge in [0.25, 0.3) is 0 Å². The SMILES string of the molecule is NC(CC(=O)[O-])C(=O)[O-].NCCS.[Zn+2]. The Kier molecular flexibility index (Phi) is 17.8. The molecule has 0 aromatic rings. The first kappa shape index (κ1) is 19.4. The van der Waals surface area contributed by atoms with Crippen molar-refractivity contribution in [1.29, 1.82) is 0 Å². The van der Waals surface area contributed by atoms with E-state index in [2.05, 4.69) is 12.6 Å². The van der Waals surface area contributed by atoms with Gasteiger partial charge in [-0.2, -0.15) is 12.6 Å². The van der Waals surface area contributed by atoms with E-state index in [1.165, 1.54) is 0 Å². The van der Waals surface area contributed by atoms with Crippen LogP contribution < -0.4 is 21.7 Å². The van der Waals surface area contributed by atoms with E-state index < -0.39 is 24.4 Å². The largest absolute Gasteiger partial charge is 2.00 e. The van der Waals surface area contributed by atoms with Crippen LogP contribution in [-0.4, -0.2) is 30.3 Å². The van der Waals surface area contributed by atoms with Crippen molar-refractivity contribution in [2.24, 2.45) is 11.5 Å². The summed E-state index contributed by atoms with van der Waals surface area (Å²) < 4.78 is 0. The molecule has 0 amide bonds. The number of carboxylic acid groups (broad SMARTS) is 2. The van der Waals surface area contributed by atoms with Crippen molar-refractivity contribution in [2.45, 2.75) is 12.5 Å². The van der Waals surface area contributed by atoms with Crippen LogP contribution in [0, 0.1) is 0 Å². The van der Waals surface area contributed by atoms with Crippen molar-refractivity contribution in [1.82, 2.24) is 0 Å². The molecule has 0 aromatic carbocycles. The molecule has 8 heteroatoms. The van der Waals surface area contributed by atoms with E-state index in [1.807, 2.05) is 0 Å². The van der Waals surface area contributed by atoms with Crippen LogP contribution in [0.4, 0.5) is 0 Å². The molecule has 0 bridgehead atoms. The van der Waals surface area contributed by atoms with Crippen LogP contribution in [-0.2, 0) is 29.1 Å². The van der Waals surface area contributed by atoms with E-state index in [4.69, 9.17) is 11.5 Å². The third kappa shape index (κ3) is 17.8. The average Bonchev–Trinajstić information content (AvgIpc) is 2.03. The van der Waals surface area contributed by atoms with Gasteiger partial charge in [0.1, 0.15) is 0 Å². The molecule has 1 atom stereocenters. The fraction of sp³-hybridized carbons (Fsp3) is 0.667. The average molecular weight is 274 g/mol. The molecule has 0 rings (SSSR count). The van der Waals surface area contributed by atoms with Gasteiger partial charge in [-0.1, -0.05) is 0 Å². The Labute approximate surface area is 100 Å². The van der Waals surface area contributed by atoms with Gasteiger partial charge in [0.15, 0.2) is 0 Å². The molecule has 0 aliphatic rings. The van der Waals surface area contributed by atoms with Gasteiger partial charge in [-0.3, -0.25) is 0 Å². The second kappa shape index (κ2) is 12.8. The second-order valence-corrected chi connectivity index (χ2v) is 2.46. The smallest absolute Gasteiger partial charge is 0.550 e. The molecule has 0 heterocycles. The normalized spacial score (nSPS) is 10.2. The van der Waals surface area contributed by atoms with Crippen molar-refractivity contribution in [3.05, 3.63) is 0 Å². The summed E-state index contributed by atoms with van der Waals surface area (Å²) in [5.41, 5.74) is 9.69. The van der Waals surface area contributed by atoms with Gasteiger partial charge < -0.3 is 31.3 Å². The Morgan fingerprint density at radius 2 is 1.71 bits per heavy atom. The number of carbonyl (C=O) groups excluding carboxylic acids is 2. The number of hydrogen-bond acceptors (Lipinski definition) is 7. The molecule has 0 spiro atoms. The summed E-state index contributed by atoms with van der Waals surface area (Å²) in [4.78, 5) is 19.3. The number of nitrogens with two attached hydrogens (primary N) is 2. The number of carboxylic acids is 2. The molecule has 14 heavy (non-hydrogen) atoms. The molecule has 0 radical (unpaired) electrons. The summed E-state index contributed by atoms with van der Waals surface area (Å²) in [6, 6.07) is -1.46. The minimum Gasteiger partial charge on any atom is -0.550 e. The zero-order valence-electron chi connectivity index (χ0n) is 7.64. The van der Waals surface area contributed by atoms with Gasteiger partial charge in [0.05, 0.1) is 5.97 Å². The molecule has 0 aliphatic carbocycles. The number of aliphatic carboxylic acids is 2. The number of rotatable bonds is 4. The van der Waals surface area contributed by atoms with Gasteiger partial charge >= 0.3 is 19.5 Å². The van der Waals surface area contributed by atoms with E-state index in [0.29, 0.717) is 6.54 Å². The van der Waals surface area contributed by atoms with Crippen LogP contribution >= 0.6 is 12.6 Å². The Balaban J connectivity index is -0.000000209. The van der Waals surface area contributed by atoms with Gasteiger partial charge in [0.2, 0.25) is 0 Å². The maximum absolute atomic E-state index is 9.71. The van der Waals surface area contributed by atoms with Crippen LogP contribution in [0.15, 0.2) is 0 Å². The molecule has 0 saturated heterocycles. The minimum atomic E-state index is -1.58. The summed E-state index contributed by atoms with van der Waals surface area (Å²) in [7, 11) is 0. The maximum Gasteiger partial charge on any atom is 2.00 e. The summed E-state index contributed by atoms with van der Waals surface area (Å²) >= 11 is 3.80. The fourth-order valence-electron chi connectivity index (χ4n) is 0.263. The summed E-state index contributed by atoms with van der Waals surface area (Å²) in [6.07, 6.45) is -0.706. The van der Waals surface area contributed by atoms with Crippen LogP contribution in [0.5, 0.6) is 0 Å². The third-order valence-electron chi connectivity index (χ3n) is 0.818. The van der Waals surface area contributed by atoms with Crippen molar-refractivity contribution in [3.63, 3.8) is 0 Å². The quantitative estimate of drug-likeness (QED) is 0.354. The van der Waals surface area contributed by atoms with Crippen molar-refractivity contribution in [3.8, 4) is 0 Å². The van der Waals surface area contributed by atoms with E-state index >= 15 is 0 Å². The summed E-state index contributed by atoms with van der Waals surface area (Å²) in [5.74, 6) is -2.29. The Hall–Kier alpha value is -0.167. The van der Waals surface area contributed by atoms with Crippen molar-refractivity contribution >= 4 is 24.6 Å². The van der Waals surface area contributed by atoms with Gasteiger partial charge in [-0.25, -0.2) is 0 Å². The van der Waals surface area contributed by atoms with Gasteiger partial charge in [-0.15, -0.1) is 0 Å². The molecular formula is C6H12N2O4SZn. The van der Waals surface area contributed by atoms with Crippen LogP contribution in [0.2, 0.25) is 0 Å². The molecule has 0 aliphatic heterocycles. The standard InChI is InChI=1S/C4H7NO4.C2H7NS.Zn/c5-2(4(8)9)1-3(6)7;3-1-2-4;/h2H,1,5H2,(H,6,7)(H,8,9);4H,1-3H2;/q;;+2/p-2. The zero-order valence-corrected chi connectivity index (χ0v) is 11.5. The van der Waals surface area contributed by atoms with Crippen LogP contribution in [0.1, 0.15) is 6.42 Å². The van der Waals surface area contributed by atoms with Crippen LogP contribution in [0.25, 0.3) is 0 Å². The van der Waals surface area contributed by atoms with E-state index in [1.54, 1.807) is 0 Å². The monoisotopic (exact) mass is 272 g/mol. The van der Waals surface area contributed by atoms with Crippen LogP contribution in [0.3, 0.4) is 0 Å². The zero-order chi connectivity index (χ0) is 10.9. The van der Waals surface area contributed by atoms with E-state index in [9.17, 15) is 19.8 Å². The summed E-state index contributed by atoms with van der Waals surface area (Å²) in [5, 5.41) is 19.3. The predicted octanol–water partition coefficient (Wildman–Crippen LogP) is -3.92. The molecule has 6 nitrogen and oxygen atoms in total. The van der Waals surface area contributed by atoms with Crippen molar-refractivity contribution < 1.29 is 39.3 Å². The third-order valence-corrected chi connectivity index (χ3v) is 1.08. The maximum atomic E-state index is 9.71. The second-order valence-electron chi connectivity index (χ2n) is 2.01. The summed E-state index contributed by atoms with van der Waals surface area (Å²) in [6.45, 7) is 0.684. The number of hydrogen-bond donors (Lipinski definition) is 3. The van der Waals surface area contributed by atoms with Gasteiger partial charge in [-0.05, 0) is 0 Å².